The van der Waals surface area contributed by atoms with Gasteiger partial charge in [-0.1, -0.05) is 34.1 Å². The molecule has 25 heavy (non-hydrogen) atoms. The zero-order valence-electron chi connectivity index (χ0n) is 13.0. The molecule has 0 radical (unpaired) electrons. The van der Waals surface area contributed by atoms with Crippen LogP contribution in [-0.4, -0.2) is 16.7 Å². The number of aromatic amines is 1. The van der Waals surface area contributed by atoms with Crippen molar-refractivity contribution in [3.63, 3.8) is 0 Å². The Morgan fingerprint density at radius 1 is 0.920 bits per heavy atom. The number of carbonyl (C=O) groups excluding carboxylic acids is 2. The summed E-state index contributed by atoms with van der Waals surface area (Å²) in [6.45, 7) is 0. The molecule has 0 spiro atoms. The van der Waals surface area contributed by atoms with Crippen molar-refractivity contribution < 1.29 is 9.59 Å². The number of nitrogens with one attached hydrogen (secondary N) is 2. The van der Waals surface area contributed by atoms with Crippen LogP contribution in [0, 0.1) is 0 Å². The lowest BCUT2D eigenvalue weighted by atomic mass is 9.98. The lowest BCUT2D eigenvalue weighted by Crippen LogP contribution is -2.20. The first kappa shape index (κ1) is 16.9. The zero-order chi connectivity index (χ0) is 17.8. The van der Waals surface area contributed by atoms with Crippen molar-refractivity contribution in [1.82, 2.24) is 4.98 Å². The number of amides is 1. The van der Waals surface area contributed by atoms with Gasteiger partial charge in [0, 0.05) is 34.1 Å². The SMILES string of the molecule is O=C(Nc1c[nH]ccc1=O)c1ccccc1C(=O)c1ccc(Br)cc1. The fraction of sp³-hybridized carbons (Fsp3) is 0. The van der Waals surface area contributed by atoms with Gasteiger partial charge in [-0.15, -0.1) is 0 Å². The van der Waals surface area contributed by atoms with E-state index in [1.165, 1.54) is 18.5 Å². The van der Waals surface area contributed by atoms with Gasteiger partial charge >= 0.3 is 0 Å². The van der Waals surface area contributed by atoms with E-state index in [0.717, 1.165) is 4.47 Å². The normalized spacial score (nSPS) is 10.3. The van der Waals surface area contributed by atoms with Crippen LogP contribution >= 0.6 is 15.9 Å². The highest BCUT2D eigenvalue weighted by Gasteiger charge is 2.18. The molecule has 0 bridgehead atoms. The maximum absolute atomic E-state index is 12.7. The monoisotopic (exact) mass is 396 g/mol. The second-order valence-corrected chi connectivity index (χ2v) is 6.17. The smallest absolute Gasteiger partial charge is 0.256 e. The van der Waals surface area contributed by atoms with Crippen molar-refractivity contribution in [2.24, 2.45) is 0 Å². The van der Waals surface area contributed by atoms with E-state index < -0.39 is 5.91 Å². The van der Waals surface area contributed by atoms with Gasteiger partial charge in [-0.25, -0.2) is 0 Å². The highest BCUT2D eigenvalue weighted by molar-refractivity contribution is 9.10. The standard InChI is InChI=1S/C19H13BrN2O3/c20-13-7-5-12(6-8-13)18(24)14-3-1-2-4-15(14)19(25)22-16-11-21-10-9-17(16)23/h1-11H,(H,21,23)(H,22,25). The molecule has 3 rings (SSSR count). The van der Waals surface area contributed by atoms with Crippen LogP contribution in [0.2, 0.25) is 0 Å². The van der Waals surface area contributed by atoms with E-state index in [0.29, 0.717) is 5.56 Å². The Morgan fingerprint density at radius 3 is 2.28 bits per heavy atom. The van der Waals surface area contributed by atoms with Crippen LogP contribution < -0.4 is 10.7 Å². The lowest BCUT2D eigenvalue weighted by molar-refractivity contribution is 0.0996. The van der Waals surface area contributed by atoms with Gasteiger partial charge in [-0.2, -0.15) is 0 Å². The summed E-state index contributed by atoms with van der Waals surface area (Å²) >= 11 is 3.32. The molecule has 0 atom stereocenters. The summed E-state index contributed by atoms with van der Waals surface area (Å²) in [4.78, 5) is 39.8. The van der Waals surface area contributed by atoms with Crippen molar-refractivity contribution in [2.45, 2.75) is 0 Å². The predicted octanol–water partition coefficient (Wildman–Crippen LogP) is 3.62. The van der Waals surface area contributed by atoms with Gasteiger partial charge in [0.2, 0.25) is 5.43 Å². The lowest BCUT2D eigenvalue weighted by Gasteiger charge is -2.09. The molecule has 1 amide bonds. The van der Waals surface area contributed by atoms with E-state index >= 15 is 0 Å². The van der Waals surface area contributed by atoms with Crippen LogP contribution in [0.5, 0.6) is 0 Å². The molecule has 0 aliphatic carbocycles. The first-order chi connectivity index (χ1) is 12.1. The van der Waals surface area contributed by atoms with Gasteiger partial charge in [0.15, 0.2) is 5.78 Å². The third kappa shape index (κ3) is 3.75. The van der Waals surface area contributed by atoms with E-state index in [9.17, 15) is 14.4 Å². The van der Waals surface area contributed by atoms with Gasteiger partial charge in [0.25, 0.3) is 5.91 Å². The van der Waals surface area contributed by atoms with Gasteiger partial charge in [0.1, 0.15) is 5.69 Å². The summed E-state index contributed by atoms with van der Waals surface area (Å²) in [6, 6.07) is 14.7. The summed E-state index contributed by atoms with van der Waals surface area (Å²) < 4.78 is 0.860. The number of halogens is 1. The quantitative estimate of drug-likeness (QED) is 0.660. The van der Waals surface area contributed by atoms with Gasteiger partial charge in [-0.3, -0.25) is 14.4 Å². The number of hydrogen-bond donors (Lipinski definition) is 2. The third-order valence-corrected chi connectivity index (χ3v) is 4.12. The van der Waals surface area contributed by atoms with Crippen molar-refractivity contribution >= 4 is 33.3 Å². The molecule has 0 aliphatic rings. The van der Waals surface area contributed by atoms with Crippen molar-refractivity contribution in [2.75, 3.05) is 5.32 Å². The number of aromatic nitrogens is 1. The summed E-state index contributed by atoms with van der Waals surface area (Å²) in [5.74, 6) is -0.780. The minimum Gasteiger partial charge on any atom is -0.366 e. The molecule has 2 N–H and O–H groups in total. The van der Waals surface area contributed by atoms with Crippen LogP contribution in [0.3, 0.4) is 0 Å². The fourth-order valence-corrected chi connectivity index (χ4v) is 2.60. The molecular weight excluding hydrogens is 384 g/mol. The van der Waals surface area contributed by atoms with Gasteiger partial charge in [-0.05, 0) is 30.3 Å². The van der Waals surface area contributed by atoms with Gasteiger partial charge in [0.05, 0.1) is 5.56 Å². The molecule has 0 aliphatic heterocycles. The van der Waals surface area contributed by atoms with Crippen molar-refractivity contribution in [3.05, 3.63) is 98.4 Å². The molecule has 1 aromatic heterocycles. The summed E-state index contributed by atoms with van der Waals surface area (Å²) in [7, 11) is 0. The third-order valence-electron chi connectivity index (χ3n) is 3.59. The Labute approximate surface area is 151 Å². The Morgan fingerprint density at radius 2 is 1.60 bits per heavy atom. The molecule has 0 saturated carbocycles. The van der Waals surface area contributed by atoms with Gasteiger partial charge < -0.3 is 10.3 Å². The van der Waals surface area contributed by atoms with E-state index in [2.05, 4.69) is 26.2 Å². The van der Waals surface area contributed by atoms with E-state index in [4.69, 9.17) is 0 Å². The number of rotatable bonds is 4. The summed E-state index contributed by atoms with van der Waals surface area (Å²) in [5, 5.41) is 2.54. The molecule has 124 valence electrons. The molecule has 2 aromatic carbocycles. The maximum Gasteiger partial charge on any atom is 0.256 e. The Hall–Kier alpha value is -2.99. The largest absolute Gasteiger partial charge is 0.366 e. The van der Waals surface area contributed by atoms with Crippen LogP contribution in [-0.2, 0) is 0 Å². The summed E-state index contributed by atoms with van der Waals surface area (Å²) in [5.41, 5.74) is 0.761. The van der Waals surface area contributed by atoms with E-state index in [-0.39, 0.29) is 28.0 Å². The first-order valence-electron chi connectivity index (χ1n) is 7.44. The van der Waals surface area contributed by atoms with Crippen molar-refractivity contribution in [3.8, 4) is 0 Å². The van der Waals surface area contributed by atoms with E-state index in [1.807, 2.05) is 0 Å². The fourth-order valence-electron chi connectivity index (χ4n) is 2.34. The average Bonchev–Trinajstić information content (AvgIpc) is 2.63. The highest BCUT2D eigenvalue weighted by atomic mass is 79.9. The molecular formula is C19H13BrN2O3. The molecule has 1 heterocycles. The van der Waals surface area contributed by atoms with Crippen LogP contribution in [0.1, 0.15) is 26.3 Å². The Balaban J connectivity index is 1.94. The Kier molecular flexibility index (Phi) is 4.90. The molecule has 5 nitrogen and oxygen atoms in total. The number of H-pyrrole nitrogens is 1. The molecule has 0 unspecified atom stereocenters. The molecule has 6 heteroatoms. The Bertz CT molecular complexity index is 994. The van der Waals surface area contributed by atoms with Crippen LogP contribution in [0.4, 0.5) is 5.69 Å². The highest BCUT2D eigenvalue weighted by Crippen LogP contribution is 2.18. The van der Waals surface area contributed by atoms with Crippen molar-refractivity contribution in [1.29, 1.82) is 0 Å². The van der Waals surface area contributed by atoms with Crippen LogP contribution in [0.15, 0.2) is 76.3 Å². The second-order valence-electron chi connectivity index (χ2n) is 5.26. The van der Waals surface area contributed by atoms with E-state index in [1.54, 1.807) is 48.5 Å². The zero-order valence-corrected chi connectivity index (χ0v) is 14.5. The first-order valence-corrected chi connectivity index (χ1v) is 8.23. The maximum atomic E-state index is 12.7. The molecule has 3 aromatic rings. The number of ketones is 1. The minimum absolute atomic E-state index is 0.124. The minimum atomic E-state index is -0.516. The summed E-state index contributed by atoms with van der Waals surface area (Å²) in [6.07, 6.45) is 2.88. The average molecular weight is 397 g/mol. The molecule has 0 fully saturated rings. The number of carbonyl (C=O) groups is 2. The van der Waals surface area contributed by atoms with Crippen LogP contribution in [0.25, 0.3) is 0 Å². The molecule has 0 saturated heterocycles. The number of pyridine rings is 1. The number of benzene rings is 2. The predicted molar refractivity (Wildman–Crippen MR) is 99.0 cm³/mol. The topological polar surface area (TPSA) is 79.0 Å². The number of hydrogen-bond acceptors (Lipinski definition) is 3. The number of anilines is 1. The second kappa shape index (κ2) is 7.27.